The van der Waals surface area contributed by atoms with Crippen molar-refractivity contribution in [2.45, 2.75) is 30.3 Å². The third kappa shape index (κ3) is 27.1. The van der Waals surface area contributed by atoms with Gasteiger partial charge in [-0.15, -0.1) is 0 Å². The van der Waals surface area contributed by atoms with Crippen molar-refractivity contribution in [1.82, 2.24) is 0 Å². The molecule has 0 saturated carbocycles. The van der Waals surface area contributed by atoms with E-state index in [1.807, 2.05) is 28.2 Å². The van der Waals surface area contributed by atoms with Crippen molar-refractivity contribution < 1.29 is 87.2 Å². The third-order valence-corrected chi connectivity index (χ3v) is 7.22. The Bertz CT molecular complexity index is 1070. The molecule has 0 bridgehead atoms. The number of quaternary nitrogens is 2. The SMILES string of the molecule is C[N+](C)(CCC[N+](C)(C)CCCS(=O)(=O)O)CCCS(=O)(=O)O.O=S(=O)(O)C(F)(F)F.O=S(=O)(O)C(F)(F)F. The van der Waals surface area contributed by atoms with Crippen LogP contribution in [0.3, 0.4) is 0 Å². The molecule has 0 fully saturated rings. The zero-order chi connectivity index (χ0) is 32.4. The van der Waals surface area contributed by atoms with Crippen molar-refractivity contribution >= 4 is 40.5 Å². The summed E-state index contributed by atoms with van der Waals surface area (Å²) in [6, 6.07) is 0. The standard InChI is InChI=1S/C13H30N2O6S2.2CHF3O3S/c1-14(2,10-6-12-22(16,17)18)8-5-9-15(3,4)11-7-13-23(19,20)21;2*2-1(3,4)8(5,6)7/h5-13H2,1-4H3;2*(H,5,6,7)/p+2. The van der Waals surface area contributed by atoms with Crippen LogP contribution in [0.15, 0.2) is 0 Å². The van der Waals surface area contributed by atoms with Crippen LogP contribution in [0.5, 0.6) is 0 Å². The molecule has 14 nitrogen and oxygen atoms in total. The zero-order valence-electron chi connectivity index (χ0n) is 21.2. The van der Waals surface area contributed by atoms with E-state index in [0.29, 0.717) is 34.9 Å². The highest BCUT2D eigenvalue weighted by Crippen LogP contribution is 2.21. The molecule has 4 N–H and O–H groups in total. The van der Waals surface area contributed by atoms with Crippen LogP contribution in [0.1, 0.15) is 19.3 Å². The molecule has 0 rings (SSSR count). The van der Waals surface area contributed by atoms with Gasteiger partial charge in [0.1, 0.15) is 0 Å². The molecule has 0 amide bonds. The Morgan fingerprint density at radius 2 is 0.667 bits per heavy atom. The van der Waals surface area contributed by atoms with E-state index in [0.717, 1.165) is 19.5 Å². The van der Waals surface area contributed by atoms with E-state index in [4.69, 9.17) is 35.0 Å². The fraction of sp³-hybridized carbons (Fsp3) is 1.00. The second-order valence-electron chi connectivity index (χ2n) is 9.24. The van der Waals surface area contributed by atoms with Gasteiger partial charge in [0.15, 0.2) is 0 Å². The predicted molar refractivity (Wildman–Crippen MR) is 126 cm³/mol. The van der Waals surface area contributed by atoms with E-state index in [-0.39, 0.29) is 11.5 Å². The topological polar surface area (TPSA) is 217 Å². The minimum atomic E-state index is -5.84. The Labute approximate surface area is 223 Å². The molecule has 24 heteroatoms. The molecule has 0 aliphatic carbocycles. The first-order chi connectivity index (χ1) is 16.6. The summed E-state index contributed by atoms with van der Waals surface area (Å²) in [6.07, 6.45) is 1.74. The molecule has 0 saturated heterocycles. The van der Waals surface area contributed by atoms with Crippen LogP contribution in [0, 0.1) is 0 Å². The summed E-state index contributed by atoms with van der Waals surface area (Å²) in [5.74, 6) is -0.433. The summed E-state index contributed by atoms with van der Waals surface area (Å²) in [5, 5.41) is 0. The lowest BCUT2D eigenvalue weighted by atomic mass is 10.2. The number of alkyl halides is 6. The first-order valence-electron chi connectivity index (χ1n) is 10.2. The molecule has 0 aliphatic rings. The van der Waals surface area contributed by atoms with Crippen LogP contribution >= 0.6 is 0 Å². The van der Waals surface area contributed by atoms with Gasteiger partial charge in [0.2, 0.25) is 0 Å². The second-order valence-corrected chi connectivity index (χ2v) is 15.2. The molecular formula is C15H34F6N2O12S4+2. The normalized spacial score (nSPS) is 14.1. The number of rotatable bonds is 12. The first kappa shape index (κ1) is 42.6. The van der Waals surface area contributed by atoms with Gasteiger partial charge < -0.3 is 8.97 Å². The summed E-state index contributed by atoms with van der Waals surface area (Å²) < 4.78 is 177. The summed E-state index contributed by atoms with van der Waals surface area (Å²) in [7, 11) is -11.4. The van der Waals surface area contributed by atoms with Crippen molar-refractivity contribution in [2.24, 2.45) is 0 Å². The molecule has 39 heavy (non-hydrogen) atoms. The molecule has 240 valence electrons. The maximum atomic E-state index is 10.7. The minimum Gasteiger partial charge on any atom is -0.328 e. The Hall–Kier alpha value is -0.860. The van der Waals surface area contributed by atoms with Gasteiger partial charge in [-0.3, -0.25) is 18.2 Å². The smallest absolute Gasteiger partial charge is 0.328 e. The fourth-order valence-electron chi connectivity index (χ4n) is 2.50. The van der Waals surface area contributed by atoms with E-state index in [1.165, 1.54) is 0 Å². The summed E-state index contributed by atoms with van der Waals surface area (Å²) in [6.45, 7) is 3.06. The van der Waals surface area contributed by atoms with Crippen molar-refractivity contribution in [1.29, 1.82) is 0 Å². The van der Waals surface area contributed by atoms with E-state index in [9.17, 15) is 43.2 Å². The maximum absolute atomic E-state index is 10.7. The Morgan fingerprint density at radius 3 is 0.821 bits per heavy atom. The Kier molecular flexibility index (Phi) is 16.8. The van der Waals surface area contributed by atoms with E-state index in [2.05, 4.69) is 0 Å². The Morgan fingerprint density at radius 1 is 0.487 bits per heavy atom. The maximum Gasteiger partial charge on any atom is 0.522 e. The lowest BCUT2D eigenvalue weighted by Crippen LogP contribution is -2.46. The lowest BCUT2D eigenvalue weighted by molar-refractivity contribution is -0.909. The minimum absolute atomic E-state index is 0.216. The quantitative estimate of drug-likeness (QED) is 0.0980. The number of hydrogen-bond acceptors (Lipinski definition) is 8. The van der Waals surface area contributed by atoms with Crippen LogP contribution < -0.4 is 0 Å². The highest BCUT2D eigenvalue weighted by Gasteiger charge is 2.45. The molecule has 0 spiro atoms. The molecule has 0 unspecified atom stereocenters. The average molecular weight is 677 g/mol. The number of hydrogen-bond donors (Lipinski definition) is 4. The van der Waals surface area contributed by atoms with E-state index < -0.39 is 51.5 Å². The van der Waals surface area contributed by atoms with Gasteiger partial charge in [-0.1, -0.05) is 0 Å². The first-order valence-corrected chi connectivity index (χ1v) is 16.3. The summed E-state index contributed by atoms with van der Waals surface area (Å²) in [4.78, 5) is 0. The summed E-state index contributed by atoms with van der Waals surface area (Å²) in [5.41, 5.74) is -11.1. The number of halogens is 6. The van der Waals surface area contributed by atoms with Gasteiger partial charge in [-0.2, -0.15) is 60.0 Å². The van der Waals surface area contributed by atoms with Gasteiger partial charge in [-0.25, -0.2) is 0 Å². The van der Waals surface area contributed by atoms with Crippen molar-refractivity contribution in [3.8, 4) is 0 Å². The largest absolute Gasteiger partial charge is 0.522 e. The molecular weight excluding hydrogens is 642 g/mol. The van der Waals surface area contributed by atoms with Crippen LogP contribution in [0.25, 0.3) is 0 Å². The molecule has 0 aromatic rings. The lowest BCUT2D eigenvalue weighted by Gasteiger charge is -2.33. The number of nitrogens with zero attached hydrogens (tertiary/aromatic N) is 2. The zero-order valence-corrected chi connectivity index (χ0v) is 24.5. The van der Waals surface area contributed by atoms with Crippen LogP contribution in [0.4, 0.5) is 26.3 Å². The van der Waals surface area contributed by atoms with Gasteiger partial charge in [-0.05, 0) is 0 Å². The highest BCUT2D eigenvalue weighted by atomic mass is 32.2. The summed E-state index contributed by atoms with van der Waals surface area (Å²) >= 11 is 0. The molecule has 0 heterocycles. The third-order valence-electron chi connectivity index (χ3n) is 4.44. The van der Waals surface area contributed by atoms with Gasteiger partial charge in [0, 0.05) is 19.3 Å². The van der Waals surface area contributed by atoms with Gasteiger partial charge in [0.25, 0.3) is 20.2 Å². The molecule has 0 aromatic heterocycles. The monoisotopic (exact) mass is 676 g/mol. The van der Waals surface area contributed by atoms with Crippen LogP contribution in [0.2, 0.25) is 0 Å². The van der Waals surface area contributed by atoms with Crippen molar-refractivity contribution in [3.63, 3.8) is 0 Å². The fourth-order valence-corrected chi connectivity index (χ4v) is 3.49. The molecule has 0 aliphatic heterocycles. The highest BCUT2D eigenvalue weighted by molar-refractivity contribution is 7.87. The van der Waals surface area contributed by atoms with Crippen molar-refractivity contribution in [2.75, 3.05) is 65.9 Å². The second kappa shape index (κ2) is 15.4. The van der Waals surface area contributed by atoms with Crippen molar-refractivity contribution in [3.05, 3.63) is 0 Å². The van der Waals surface area contributed by atoms with Crippen LogP contribution in [-0.2, 0) is 40.5 Å². The molecule has 0 radical (unpaired) electrons. The van der Waals surface area contributed by atoms with E-state index in [1.54, 1.807) is 0 Å². The predicted octanol–water partition coefficient (Wildman–Crippen LogP) is 0.873. The van der Waals surface area contributed by atoms with Crippen LogP contribution in [-0.4, -0.2) is 138 Å². The van der Waals surface area contributed by atoms with E-state index >= 15 is 0 Å². The molecule has 0 aromatic carbocycles. The Balaban J connectivity index is -0.000000658. The van der Waals surface area contributed by atoms with Gasteiger partial charge in [0.05, 0.1) is 65.9 Å². The van der Waals surface area contributed by atoms with Gasteiger partial charge >= 0.3 is 31.3 Å². The molecule has 0 atom stereocenters. The average Bonchev–Trinajstić information content (AvgIpc) is 2.55.